The van der Waals surface area contributed by atoms with Crippen molar-refractivity contribution in [1.29, 1.82) is 0 Å². The third-order valence-corrected chi connectivity index (χ3v) is 2.31. The fourth-order valence-electron chi connectivity index (χ4n) is 1.11. The molecule has 0 aliphatic rings. The molecular weight excluding hydrogens is 268 g/mol. The van der Waals surface area contributed by atoms with E-state index >= 15 is 0 Å². The standard InChI is InChI=1S/C9H5Cl2F3O2/c1-16-7-3-5(9(12,13)14)4(8(11)15)2-6(7)10/h2-3H,1H3. The van der Waals surface area contributed by atoms with Gasteiger partial charge in [0.05, 0.1) is 17.7 Å². The summed E-state index contributed by atoms with van der Waals surface area (Å²) in [6.45, 7) is 0. The summed E-state index contributed by atoms with van der Waals surface area (Å²) in [6.07, 6.45) is -4.70. The van der Waals surface area contributed by atoms with Crippen LogP contribution in [-0.2, 0) is 6.18 Å². The van der Waals surface area contributed by atoms with Crippen molar-refractivity contribution in [3.63, 3.8) is 0 Å². The Labute approximate surface area is 98.9 Å². The molecule has 0 N–H and O–H groups in total. The Balaban J connectivity index is 3.49. The molecule has 0 bridgehead atoms. The van der Waals surface area contributed by atoms with Gasteiger partial charge in [-0.3, -0.25) is 4.79 Å². The van der Waals surface area contributed by atoms with Gasteiger partial charge < -0.3 is 4.74 Å². The summed E-state index contributed by atoms with van der Waals surface area (Å²) in [6, 6.07) is 1.47. The molecule has 0 unspecified atom stereocenters. The molecule has 0 radical (unpaired) electrons. The summed E-state index contributed by atoms with van der Waals surface area (Å²) in [4.78, 5) is 10.8. The van der Waals surface area contributed by atoms with Crippen molar-refractivity contribution in [2.75, 3.05) is 7.11 Å². The number of halogens is 5. The zero-order valence-corrected chi connectivity index (χ0v) is 9.37. The molecule has 1 aromatic rings. The van der Waals surface area contributed by atoms with Crippen LogP contribution in [0.5, 0.6) is 5.75 Å². The molecule has 1 rings (SSSR count). The van der Waals surface area contributed by atoms with E-state index in [2.05, 4.69) is 4.74 Å². The van der Waals surface area contributed by atoms with E-state index in [0.717, 1.165) is 6.07 Å². The predicted octanol–water partition coefficient (Wildman–Crippen LogP) is 3.75. The molecule has 0 amide bonds. The highest BCUT2D eigenvalue weighted by Crippen LogP contribution is 2.38. The monoisotopic (exact) mass is 272 g/mol. The predicted molar refractivity (Wildman–Crippen MR) is 53.2 cm³/mol. The van der Waals surface area contributed by atoms with Crippen molar-refractivity contribution < 1.29 is 22.7 Å². The Morgan fingerprint density at radius 2 is 1.94 bits per heavy atom. The van der Waals surface area contributed by atoms with Crippen LogP contribution in [0.1, 0.15) is 15.9 Å². The minimum atomic E-state index is -4.70. The van der Waals surface area contributed by atoms with E-state index in [1.54, 1.807) is 0 Å². The minimum absolute atomic E-state index is 0.112. The van der Waals surface area contributed by atoms with Crippen LogP contribution < -0.4 is 4.74 Å². The molecule has 0 fully saturated rings. The lowest BCUT2D eigenvalue weighted by atomic mass is 10.1. The lowest BCUT2D eigenvalue weighted by molar-refractivity contribution is -0.137. The number of rotatable bonds is 2. The van der Waals surface area contributed by atoms with Crippen LogP contribution in [0.25, 0.3) is 0 Å². The number of ether oxygens (including phenoxy) is 1. The maximum absolute atomic E-state index is 12.5. The Morgan fingerprint density at radius 1 is 1.38 bits per heavy atom. The van der Waals surface area contributed by atoms with E-state index in [4.69, 9.17) is 23.2 Å². The third kappa shape index (κ3) is 2.59. The first-order valence-corrected chi connectivity index (χ1v) is 4.67. The maximum atomic E-state index is 12.5. The largest absolute Gasteiger partial charge is 0.495 e. The molecular formula is C9H5Cl2F3O2. The van der Waals surface area contributed by atoms with Gasteiger partial charge in [-0.05, 0) is 23.7 Å². The zero-order valence-electron chi connectivity index (χ0n) is 7.86. The second-order valence-corrected chi connectivity index (χ2v) is 3.55. The second-order valence-electron chi connectivity index (χ2n) is 2.80. The minimum Gasteiger partial charge on any atom is -0.495 e. The smallest absolute Gasteiger partial charge is 0.417 e. The van der Waals surface area contributed by atoms with Crippen LogP contribution in [0.2, 0.25) is 5.02 Å². The molecule has 0 atom stereocenters. The van der Waals surface area contributed by atoms with Crippen molar-refractivity contribution >= 4 is 28.4 Å². The summed E-state index contributed by atoms with van der Waals surface area (Å²) in [5.74, 6) is -0.171. The summed E-state index contributed by atoms with van der Waals surface area (Å²) < 4.78 is 42.3. The van der Waals surface area contributed by atoms with Crippen molar-refractivity contribution in [3.8, 4) is 5.75 Å². The SMILES string of the molecule is COc1cc(C(F)(F)F)c(C(=O)Cl)cc1Cl. The molecule has 0 spiro atoms. The molecule has 2 nitrogen and oxygen atoms in total. The Hall–Kier alpha value is -0.940. The number of benzene rings is 1. The Kier molecular flexibility index (Phi) is 3.70. The van der Waals surface area contributed by atoms with Crippen LogP contribution in [0, 0.1) is 0 Å². The molecule has 88 valence electrons. The Morgan fingerprint density at radius 3 is 2.31 bits per heavy atom. The number of carbonyl (C=O) groups is 1. The van der Waals surface area contributed by atoms with E-state index in [9.17, 15) is 18.0 Å². The van der Waals surface area contributed by atoms with E-state index in [-0.39, 0.29) is 10.8 Å². The summed E-state index contributed by atoms with van der Waals surface area (Å²) in [7, 11) is 1.17. The fourth-order valence-corrected chi connectivity index (χ4v) is 1.50. The van der Waals surface area contributed by atoms with Gasteiger partial charge in [0, 0.05) is 5.56 Å². The summed E-state index contributed by atoms with van der Waals surface area (Å²) >= 11 is 10.6. The summed E-state index contributed by atoms with van der Waals surface area (Å²) in [5, 5.41) is -1.34. The van der Waals surface area contributed by atoms with Crippen LogP contribution in [0.15, 0.2) is 12.1 Å². The maximum Gasteiger partial charge on any atom is 0.417 e. The van der Waals surface area contributed by atoms with Gasteiger partial charge in [-0.15, -0.1) is 0 Å². The molecule has 16 heavy (non-hydrogen) atoms. The van der Waals surface area contributed by atoms with Gasteiger partial charge in [-0.2, -0.15) is 13.2 Å². The Bertz CT molecular complexity index is 429. The number of alkyl halides is 3. The van der Waals surface area contributed by atoms with Gasteiger partial charge in [0.15, 0.2) is 0 Å². The molecule has 0 aromatic heterocycles. The lowest BCUT2D eigenvalue weighted by Gasteiger charge is -2.13. The van der Waals surface area contributed by atoms with Crippen LogP contribution in [0.3, 0.4) is 0 Å². The van der Waals surface area contributed by atoms with Crippen molar-refractivity contribution in [1.82, 2.24) is 0 Å². The van der Waals surface area contributed by atoms with E-state index < -0.39 is 22.5 Å². The first kappa shape index (κ1) is 13.1. The number of methoxy groups -OCH3 is 1. The molecule has 0 aliphatic carbocycles. The average molecular weight is 273 g/mol. The van der Waals surface area contributed by atoms with Crippen molar-refractivity contribution in [2.45, 2.75) is 6.18 Å². The molecule has 0 saturated heterocycles. The van der Waals surface area contributed by atoms with Gasteiger partial charge in [0.25, 0.3) is 5.24 Å². The number of hydrogen-bond acceptors (Lipinski definition) is 2. The molecule has 0 heterocycles. The average Bonchev–Trinajstić information content (AvgIpc) is 2.15. The number of hydrogen-bond donors (Lipinski definition) is 0. The topological polar surface area (TPSA) is 26.3 Å². The number of carbonyl (C=O) groups excluding carboxylic acids is 1. The second kappa shape index (κ2) is 4.51. The zero-order chi connectivity index (χ0) is 12.5. The van der Waals surface area contributed by atoms with Crippen molar-refractivity contribution in [3.05, 3.63) is 28.3 Å². The van der Waals surface area contributed by atoms with Crippen molar-refractivity contribution in [2.24, 2.45) is 0 Å². The first-order chi connectivity index (χ1) is 7.27. The highest BCUT2D eigenvalue weighted by Gasteiger charge is 2.36. The van der Waals surface area contributed by atoms with Gasteiger partial charge >= 0.3 is 6.18 Å². The molecule has 1 aromatic carbocycles. The molecule has 7 heteroatoms. The van der Waals surface area contributed by atoms with Crippen LogP contribution >= 0.6 is 23.2 Å². The van der Waals surface area contributed by atoms with Gasteiger partial charge in [0.2, 0.25) is 0 Å². The van der Waals surface area contributed by atoms with Gasteiger partial charge in [-0.1, -0.05) is 11.6 Å². The van der Waals surface area contributed by atoms with Crippen LogP contribution in [0.4, 0.5) is 13.2 Å². The fraction of sp³-hybridized carbons (Fsp3) is 0.222. The van der Waals surface area contributed by atoms with E-state index in [0.29, 0.717) is 6.07 Å². The molecule has 0 saturated carbocycles. The van der Waals surface area contributed by atoms with Gasteiger partial charge in [-0.25, -0.2) is 0 Å². The third-order valence-electron chi connectivity index (χ3n) is 1.81. The van der Waals surface area contributed by atoms with E-state index in [1.807, 2.05) is 0 Å². The highest BCUT2D eigenvalue weighted by atomic mass is 35.5. The first-order valence-electron chi connectivity index (χ1n) is 3.92. The highest BCUT2D eigenvalue weighted by molar-refractivity contribution is 6.68. The van der Waals surface area contributed by atoms with Gasteiger partial charge in [0.1, 0.15) is 5.75 Å². The van der Waals surface area contributed by atoms with Crippen LogP contribution in [-0.4, -0.2) is 12.4 Å². The molecule has 0 aliphatic heterocycles. The normalized spacial score (nSPS) is 11.4. The lowest BCUT2D eigenvalue weighted by Crippen LogP contribution is -2.11. The summed E-state index contributed by atoms with van der Waals surface area (Å²) in [5.41, 5.74) is -1.87. The van der Waals surface area contributed by atoms with E-state index in [1.165, 1.54) is 7.11 Å². The quantitative estimate of drug-likeness (QED) is 0.767.